The van der Waals surface area contributed by atoms with Crippen molar-refractivity contribution in [3.63, 3.8) is 0 Å². The van der Waals surface area contributed by atoms with Gasteiger partial charge in [-0.1, -0.05) is 44.9 Å². The van der Waals surface area contributed by atoms with E-state index in [1.807, 2.05) is 18.2 Å². The molecule has 21 heavy (non-hydrogen) atoms. The van der Waals surface area contributed by atoms with E-state index in [0.717, 1.165) is 18.4 Å². The molecule has 1 aromatic rings. The van der Waals surface area contributed by atoms with Gasteiger partial charge < -0.3 is 15.4 Å². The summed E-state index contributed by atoms with van der Waals surface area (Å²) < 4.78 is 5.61. The number of unbranched alkanes of at least 4 members (excludes halogenated alkanes) is 1. The van der Waals surface area contributed by atoms with Gasteiger partial charge in [0.25, 0.3) is 5.91 Å². The van der Waals surface area contributed by atoms with Crippen LogP contribution in [0.15, 0.2) is 18.2 Å². The molecule has 2 N–H and O–H groups in total. The molecule has 0 fully saturated rings. The van der Waals surface area contributed by atoms with E-state index in [1.54, 1.807) is 0 Å². The molecule has 1 rings (SSSR count). The summed E-state index contributed by atoms with van der Waals surface area (Å²) in [4.78, 5) is 11.7. The van der Waals surface area contributed by atoms with Crippen molar-refractivity contribution in [2.45, 2.75) is 46.2 Å². The number of ether oxygens (including phenoxy) is 1. The SMILES string of the molecule is CCCCNC(=O)COc1cccc(Cl)c1CNC(C)C. The van der Waals surface area contributed by atoms with E-state index < -0.39 is 0 Å². The maximum atomic E-state index is 11.7. The summed E-state index contributed by atoms with van der Waals surface area (Å²) in [7, 11) is 0. The Kier molecular flexibility index (Phi) is 8.16. The number of carbonyl (C=O) groups excluding carboxylic acids is 1. The number of benzene rings is 1. The molecule has 0 bridgehead atoms. The summed E-state index contributed by atoms with van der Waals surface area (Å²) in [6.07, 6.45) is 2.03. The van der Waals surface area contributed by atoms with Crippen LogP contribution in [0.5, 0.6) is 5.75 Å². The lowest BCUT2D eigenvalue weighted by Crippen LogP contribution is -2.30. The summed E-state index contributed by atoms with van der Waals surface area (Å²) in [5.41, 5.74) is 0.884. The van der Waals surface area contributed by atoms with Gasteiger partial charge in [-0.3, -0.25) is 4.79 Å². The normalized spacial score (nSPS) is 10.7. The highest BCUT2D eigenvalue weighted by atomic mass is 35.5. The topological polar surface area (TPSA) is 50.4 Å². The molecule has 0 atom stereocenters. The van der Waals surface area contributed by atoms with Gasteiger partial charge in [-0.25, -0.2) is 0 Å². The minimum atomic E-state index is -0.105. The molecule has 0 spiro atoms. The third-order valence-electron chi connectivity index (χ3n) is 2.97. The monoisotopic (exact) mass is 312 g/mol. The molecule has 0 saturated heterocycles. The zero-order valence-corrected chi connectivity index (χ0v) is 13.8. The van der Waals surface area contributed by atoms with Crippen molar-refractivity contribution < 1.29 is 9.53 Å². The van der Waals surface area contributed by atoms with Crippen molar-refractivity contribution in [2.24, 2.45) is 0 Å². The Bertz CT molecular complexity index is 450. The Labute approximate surface area is 132 Å². The van der Waals surface area contributed by atoms with Crippen LogP contribution in [0.25, 0.3) is 0 Å². The molecule has 0 aliphatic carbocycles. The molecule has 0 heterocycles. The van der Waals surface area contributed by atoms with E-state index in [9.17, 15) is 4.79 Å². The lowest BCUT2D eigenvalue weighted by Gasteiger charge is -2.15. The predicted molar refractivity (Wildman–Crippen MR) is 86.8 cm³/mol. The fraction of sp³-hybridized carbons (Fsp3) is 0.562. The lowest BCUT2D eigenvalue weighted by molar-refractivity contribution is -0.123. The third kappa shape index (κ3) is 6.82. The number of amides is 1. The van der Waals surface area contributed by atoms with Gasteiger partial charge >= 0.3 is 0 Å². The average molecular weight is 313 g/mol. The van der Waals surface area contributed by atoms with Crippen molar-refractivity contribution in [3.8, 4) is 5.75 Å². The van der Waals surface area contributed by atoms with Gasteiger partial charge in [-0.2, -0.15) is 0 Å². The zero-order chi connectivity index (χ0) is 15.7. The number of nitrogens with one attached hydrogen (secondary N) is 2. The van der Waals surface area contributed by atoms with Gasteiger partial charge in [-0.15, -0.1) is 0 Å². The van der Waals surface area contributed by atoms with Gasteiger partial charge in [-0.05, 0) is 18.6 Å². The minimum absolute atomic E-state index is 0.0126. The molecule has 0 unspecified atom stereocenters. The second-order valence-electron chi connectivity index (χ2n) is 5.24. The molecule has 1 amide bonds. The summed E-state index contributed by atoms with van der Waals surface area (Å²) in [6, 6.07) is 5.84. The summed E-state index contributed by atoms with van der Waals surface area (Å²) in [5.74, 6) is 0.549. The van der Waals surface area contributed by atoms with Gasteiger partial charge in [0.2, 0.25) is 0 Å². The average Bonchev–Trinajstić information content (AvgIpc) is 2.44. The molecular weight excluding hydrogens is 288 g/mol. The number of hydrogen-bond acceptors (Lipinski definition) is 3. The highest BCUT2D eigenvalue weighted by molar-refractivity contribution is 6.31. The molecule has 0 aromatic heterocycles. The number of halogens is 1. The fourth-order valence-corrected chi connectivity index (χ4v) is 1.98. The Morgan fingerprint density at radius 2 is 2.14 bits per heavy atom. The molecular formula is C16H25ClN2O2. The van der Waals surface area contributed by atoms with Gasteiger partial charge in [0, 0.05) is 29.7 Å². The second kappa shape index (κ2) is 9.64. The molecule has 118 valence electrons. The maximum Gasteiger partial charge on any atom is 0.257 e. The Balaban J connectivity index is 2.57. The van der Waals surface area contributed by atoms with Gasteiger partial charge in [0.1, 0.15) is 5.75 Å². The first-order chi connectivity index (χ1) is 10.0. The lowest BCUT2D eigenvalue weighted by atomic mass is 10.2. The van der Waals surface area contributed by atoms with E-state index >= 15 is 0 Å². The van der Waals surface area contributed by atoms with Gasteiger partial charge in [0.05, 0.1) is 0 Å². The first-order valence-electron chi connectivity index (χ1n) is 7.44. The molecule has 0 aliphatic rings. The molecule has 4 nitrogen and oxygen atoms in total. The molecule has 5 heteroatoms. The molecule has 1 aromatic carbocycles. The summed E-state index contributed by atoms with van der Waals surface area (Å²) in [6.45, 7) is 7.54. The van der Waals surface area contributed by atoms with Crippen LogP contribution in [-0.2, 0) is 11.3 Å². The standard InChI is InChI=1S/C16H25ClN2O2/c1-4-5-9-18-16(20)11-21-15-8-6-7-14(17)13(15)10-19-12(2)3/h6-8,12,19H,4-5,9-11H2,1-3H3,(H,18,20). The minimum Gasteiger partial charge on any atom is -0.483 e. The van der Waals surface area contributed by atoms with E-state index in [2.05, 4.69) is 31.4 Å². The Morgan fingerprint density at radius 1 is 1.38 bits per heavy atom. The zero-order valence-electron chi connectivity index (χ0n) is 13.0. The van der Waals surface area contributed by atoms with Crippen molar-refractivity contribution in [2.75, 3.05) is 13.2 Å². The molecule has 0 saturated carbocycles. The summed E-state index contributed by atoms with van der Waals surface area (Å²) in [5, 5.41) is 6.78. The summed E-state index contributed by atoms with van der Waals surface area (Å²) >= 11 is 6.21. The van der Waals surface area contributed by atoms with E-state index in [0.29, 0.717) is 29.9 Å². The highest BCUT2D eigenvalue weighted by Crippen LogP contribution is 2.26. The Hall–Kier alpha value is -1.26. The highest BCUT2D eigenvalue weighted by Gasteiger charge is 2.10. The number of carbonyl (C=O) groups is 1. The third-order valence-corrected chi connectivity index (χ3v) is 3.33. The van der Waals surface area contributed by atoms with Crippen LogP contribution in [0, 0.1) is 0 Å². The van der Waals surface area contributed by atoms with Crippen LogP contribution < -0.4 is 15.4 Å². The molecule has 0 aliphatic heterocycles. The number of rotatable bonds is 9. The first kappa shape index (κ1) is 17.8. The van der Waals surface area contributed by atoms with Gasteiger partial charge in [0.15, 0.2) is 6.61 Å². The van der Waals surface area contributed by atoms with Crippen molar-refractivity contribution in [1.29, 1.82) is 0 Å². The smallest absolute Gasteiger partial charge is 0.257 e. The van der Waals surface area contributed by atoms with Crippen molar-refractivity contribution in [1.82, 2.24) is 10.6 Å². The molecule has 0 radical (unpaired) electrons. The Morgan fingerprint density at radius 3 is 2.81 bits per heavy atom. The van der Waals surface area contributed by atoms with Crippen LogP contribution in [0.1, 0.15) is 39.2 Å². The van der Waals surface area contributed by atoms with Crippen LogP contribution in [0.4, 0.5) is 0 Å². The second-order valence-corrected chi connectivity index (χ2v) is 5.65. The predicted octanol–water partition coefficient (Wildman–Crippen LogP) is 3.13. The van der Waals surface area contributed by atoms with Crippen LogP contribution in [0.3, 0.4) is 0 Å². The van der Waals surface area contributed by atoms with Crippen molar-refractivity contribution in [3.05, 3.63) is 28.8 Å². The first-order valence-corrected chi connectivity index (χ1v) is 7.82. The maximum absolute atomic E-state index is 11.7. The van der Waals surface area contributed by atoms with Crippen LogP contribution in [-0.4, -0.2) is 25.1 Å². The largest absolute Gasteiger partial charge is 0.483 e. The quantitative estimate of drug-likeness (QED) is 0.689. The van der Waals surface area contributed by atoms with Crippen LogP contribution >= 0.6 is 11.6 Å². The van der Waals surface area contributed by atoms with Crippen molar-refractivity contribution >= 4 is 17.5 Å². The number of hydrogen-bond donors (Lipinski definition) is 2. The van der Waals surface area contributed by atoms with E-state index in [4.69, 9.17) is 16.3 Å². The fourth-order valence-electron chi connectivity index (χ4n) is 1.75. The van der Waals surface area contributed by atoms with E-state index in [-0.39, 0.29) is 12.5 Å². The van der Waals surface area contributed by atoms with E-state index in [1.165, 1.54) is 0 Å². The van der Waals surface area contributed by atoms with Crippen LogP contribution in [0.2, 0.25) is 5.02 Å².